The highest BCUT2D eigenvalue weighted by Gasteiger charge is 2.32. The van der Waals surface area contributed by atoms with E-state index < -0.39 is 0 Å². The second-order valence-electron chi connectivity index (χ2n) is 15.8. The summed E-state index contributed by atoms with van der Waals surface area (Å²) in [5.41, 5.74) is 3.71. The van der Waals surface area contributed by atoms with Gasteiger partial charge < -0.3 is 24.4 Å². The maximum absolute atomic E-state index is 13.5. The number of benzene rings is 2. The summed E-state index contributed by atoms with van der Waals surface area (Å²) in [5.74, 6) is 2.05. The van der Waals surface area contributed by atoms with Crippen LogP contribution in [0.15, 0.2) is 69.6 Å². The van der Waals surface area contributed by atoms with Gasteiger partial charge in [0.2, 0.25) is 17.7 Å². The van der Waals surface area contributed by atoms with Gasteiger partial charge in [-0.15, -0.1) is 11.8 Å². The summed E-state index contributed by atoms with van der Waals surface area (Å²) in [6, 6.07) is 18.3. The van der Waals surface area contributed by atoms with Crippen LogP contribution in [-0.4, -0.2) is 81.7 Å². The predicted octanol–water partition coefficient (Wildman–Crippen LogP) is 8.56. The molecule has 0 aliphatic carbocycles. The van der Waals surface area contributed by atoms with E-state index in [4.69, 9.17) is 9.68 Å². The zero-order valence-electron chi connectivity index (χ0n) is 33.1. The van der Waals surface area contributed by atoms with E-state index in [9.17, 15) is 14.4 Å². The van der Waals surface area contributed by atoms with Gasteiger partial charge in [0, 0.05) is 43.1 Å². The number of hydrogen-bond donors (Lipinski definition) is 1. The molecule has 4 aromatic rings. The minimum atomic E-state index is -0.172. The third kappa shape index (κ3) is 10.3. The van der Waals surface area contributed by atoms with Crippen LogP contribution in [0.5, 0.6) is 0 Å². The van der Waals surface area contributed by atoms with Crippen molar-refractivity contribution < 1.29 is 18.8 Å². The van der Waals surface area contributed by atoms with E-state index in [0.717, 1.165) is 91.4 Å². The largest absolute Gasteiger partial charge is 0.444 e. The van der Waals surface area contributed by atoms with Crippen LogP contribution in [0.25, 0.3) is 11.1 Å². The van der Waals surface area contributed by atoms with Crippen molar-refractivity contribution in [2.24, 2.45) is 5.92 Å². The topological polar surface area (TPSA) is 136 Å². The zero-order valence-corrected chi connectivity index (χ0v) is 34.8. The maximum Gasteiger partial charge on any atom is 0.253 e. The van der Waals surface area contributed by atoms with Crippen LogP contribution in [0, 0.1) is 17.2 Å². The number of nitriles is 1. The predicted molar refractivity (Wildman–Crippen MR) is 221 cm³/mol. The number of carbonyl (C=O) groups excluding carboxylic acids is 3. The first-order valence-electron chi connectivity index (χ1n) is 19.6. The van der Waals surface area contributed by atoms with Gasteiger partial charge in [0.1, 0.15) is 12.2 Å². The smallest absolute Gasteiger partial charge is 0.253 e. The average molecular weight is 796 g/mol. The zero-order chi connectivity index (χ0) is 39.8. The molecule has 2 aromatic heterocycles. The van der Waals surface area contributed by atoms with Crippen LogP contribution in [0.2, 0.25) is 0 Å². The number of aromatic nitrogens is 2. The van der Waals surface area contributed by atoms with Crippen molar-refractivity contribution >= 4 is 46.0 Å². The fourth-order valence-corrected chi connectivity index (χ4v) is 9.25. The van der Waals surface area contributed by atoms with Gasteiger partial charge in [0.25, 0.3) is 5.91 Å². The van der Waals surface area contributed by atoms with E-state index >= 15 is 0 Å². The molecule has 11 nitrogen and oxygen atoms in total. The summed E-state index contributed by atoms with van der Waals surface area (Å²) in [6.07, 6.45) is 8.68. The van der Waals surface area contributed by atoms with Gasteiger partial charge >= 0.3 is 0 Å². The monoisotopic (exact) mass is 795 g/mol. The van der Waals surface area contributed by atoms with Crippen molar-refractivity contribution in [1.29, 1.82) is 5.26 Å². The van der Waals surface area contributed by atoms with E-state index in [-0.39, 0.29) is 41.5 Å². The van der Waals surface area contributed by atoms with Crippen molar-refractivity contribution in [1.82, 2.24) is 24.7 Å². The summed E-state index contributed by atoms with van der Waals surface area (Å²) in [5, 5.41) is 12.6. The molecule has 1 N–H and O–H groups in total. The molecule has 13 heteroatoms. The normalized spacial score (nSPS) is 16.3. The molecule has 4 heterocycles. The van der Waals surface area contributed by atoms with E-state index in [2.05, 4.69) is 72.1 Å². The van der Waals surface area contributed by atoms with Gasteiger partial charge in [-0.2, -0.15) is 5.26 Å². The Kier molecular flexibility index (Phi) is 13.7. The van der Waals surface area contributed by atoms with Crippen LogP contribution in [0.1, 0.15) is 106 Å². The number of thiazole rings is 1. The number of amides is 3. The molecule has 2 fully saturated rings. The van der Waals surface area contributed by atoms with Crippen LogP contribution < -0.4 is 5.32 Å². The number of rotatable bonds is 13. The number of carbonyl (C=O) groups is 3. The molecule has 0 bridgehead atoms. The van der Waals surface area contributed by atoms with Crippen LogP contribution in [0.3, 0.4) is 0 Å². The number of piperidine rings is 2. The fraction of sp³-hybridized carbons (Fsp3) is 0.488. The summed E-state index contributed by atoms with van der Waals surface area (Å²) >= 11 is 3.08. The molecule has 2 aromatic carbocycles. The molecule has 2 saturated heterocycles. The van der Waals surface area contributed by atoms with Gasteiger partial charge in [-0.05, 0) is 74.0 Å². The molecule has 1 atom stereocenters. The van der Waals surface area contributed by atoms with E-state index in [1.54, 1.807) is 36.1 Å². The lowest BCUT2D eigenvalue weighted by Crippen LogP contribution is -2.49. The van der Waals surface area contributed by atoms with Gasteiger partial charge in [-0.25, -0.2) is 9.97 Å². The Morgan fingerprint density at radius 3 is 2.25 bits per heavy atom. The lowest BCUT2D eigenvalue weighted by Gasteiger charge is -2.41. The molecular weight excluding hydrogens is 743 g/mol. The van der Waals surface area contributed by atoms with Gasteiger partial charge in [0.05, 0.1) is 34.5 Å². The first kappa shape index (κ1) is 41.1. The molecule has 0 saturated carbocycles. The van der Waals surface area contributed by atoms with Crippen molar-refractivity contribution in [3.63, 3.8) is 0 Å². The summed E-state index contributed by atoms with van der Waals surface area (Å²) in [6.45, 7) is 11.6. The molecule has 3 amide bonds. The number of thioether (sulfide) groups is 1. The second kappa shape index (κ2) is 18.6. The minimum Gasteiger partial charge on any atom is -0.444 e. The summed E-state index contributed by atoms with van der Waals surface area (Å²) in [7, 11) is 1.77. The lowest BCUT2D eigenvalue weighted by atomic mass is 9.92. The van der Waals surface area contributed by atoms with Gasteiger partial charge in [-0.3, -0.25) is 14.4 Å². The molecule has 56 heavy (non-hydrogen) atoms. The molecule has 6 rings (SSSR count). The Morgan fingerprint density at radius 1 is 0.982 bits per heavy atom. The average Bonchev–Trinajstić information content (AvgIpc) is 3.89. The Morgan fingerprint density at radius 2 is 1.64 bits per heavy atom. The molecule has 2 aliphatic heterocycles. The van der Waals surface area contributed by atoms with E-state index in [1.807, 2.05) is 35.2 Å². The van der Waals surface area contributed by atoms with Crippen molar-refractivity contribution in [2.45, 2.75) is 100 Å². The molecule has 296 valence electrons. The summed E-state index contributed by atoms with van der Waals surface area (Å²) < 4.78 is 6.90. The first-order valence-corrected chi connectivity index (χ1v) is 21.4. The molecule has 0 radical (unpaired) electrons. The number of anilines is 1. The highest BCUT2D eigenvalue weighted by molar-refractivity contribution is 8.00. The van der Waals surface area contributed by atoms with Crippen LogP contribution in [0.4, 0.5) is 5.13 Å². The fourth-order valence-electron chi connectivity index (χ4n) is 7.52. The van der Waals surface area contributed by atoms with Crippen LogP contribution in [-0.2, 0) is 20.8 Å². The second-order valence-corrected chi connectivity index (χ2v) is 18.1. The lowest BCUT2D eigenvalue weighted by molar-refractivity contribution is -0.131. The Bertz CT molecular complexity index is 1980. The van der Waals surface area contributed by atoms with E-state index in [1.165, 1.54) is 11.3 Å². The molecule has 2 aliphatic rings. The third-order valence-electron chi connectivity index (χ3n) is 10.9. The quantitative estimate of drug-likeness (QED) is 0.132. The number of hydrogen-bond acceptors (Lipinski definition) is 10. The number of oxazole rings is 1. The number of likely N-dealkylation sites (tertiary alicyclic amines) is 2. The van der Waals surface area contributed by atoms with Crippen LogP contribution >= 0.6 is 23.1 Å². The maximum atomic E-state index is 13.5. The Labute approximate surface area is 338 Å². The van der Waals surface area contributed by atoms with E-state index in [0.29, 0.717) is 28.4 Å². The van der Waals surface area contributed by atoms with Gasteiger partial charge in [0.15, 0.2) is 5.13 Å². The Hall–Kier alpha value is -4.51. The highest BCUT2D eigenvalue weighted by atomic mass is 32.2. The molecule has 1 unspecified atom stereocenters. The third-order valence-corrected chi connectivity index (χ3v) is 13.0. The minimum absolute atomic E-state index is 0.0379. The van der Waals surface area contributed by atoms with Crippen molar-refractivity contribution in [3.05, 3.63) is 83.7 Å². The molecular formula is C43H53N7O4S2. The van der Waals surface area contributed by atoms with Crippen molar-refractivity contribution in [2.75, 3.05) is 38.5 Å². The SMILES string of the molecule is CCCC(c1ccc(-c2ccc(C(=O)N3CCC(N4CCC(C(=O)Nc5ncc(SCc6ncc(C(C)(C)C)o6)s5)CC4)CC3)cc2)cc1)N(C)C(=O)CC#N. The van der Waals surface area contributed by atoms with Crippen molar-refractivity contribution in [3.8, 4) is 17.2 Å². The first-order chi connectivity index (χ1) is 26.9. The number of nitrogens with one attached hydrogen (secondary N) is 1. The number of nitrogens with zero attached hydrogens (tertiary/aromatic N) is 6. The standard InChI is InChI=1S/C43H53N7O4S2/c1-6-7-35(48(5)38(51)16-21-44)31-12-8-29(9-13-31)30-10-14-33(15-11-30)41(53)50-24-19-34(20-25-50)49-22-17-32(18-23-49)40(52)47-42-46-27-39(56-42)55-28-37-45-26-36(54-37)43(2,3)4/h8-15,26-27,32,34-35H,6-7,16-20,22-25,28H2,1-5H3,(H,46,47,52). The summed E-state index contributed by atoms with van der Waals surface area (Å²) in [4.78, 5) is 54.0. The van der Waals surface area contributed by atoms with Gasteiger partial charge in [-0.1, -0.05) is 81.9 Å². The highest BCUT2D eigenvalue weighted by Crippen LogP contribution is 2.33. The Balaban J connectivity index is 0.926. The molecule has 0 spiro atoms.